The quantitative estimate of drug-likeness (QED) is 0.603. The van der Waals surface area contributed by atoms with E-state index in [1.165, 1.54) is 0 Å². The van der Waals surface area contributed by atoms with E-state index in [1.807, 2.05) is 12.1 Å². The van der Waals surface area contributed by atoms with Gasteiger partial charge in [-0.05, 0) is 30.5 Å². The van der Waals surface area contributed by atoms with Gasteiger partial charge in [-0.1, -0.05) is 6.07 Å². The zero-order chi connectivity index (χ0) is 10.1. The largest absolute Gasteiger partial charge is 0.399 e. The van der Waals surface area contributed by atoms with Crippen LogP contribution < -0.4 is 16.4 Å². The number of nitrogens with zero attached hydrogens (tertiary/aromatic N) is 1. The molecule has 0 atom stereocenters. The molecule has 2 rings (SSSR count). The summed E-state index contributed by atoms with van der Waals surface area (Å²) in [4.78, 5) is 12.7. The second-order valence-electron chi connectivity index (χ2n) is 3.48. The highest BCUT2D eigenvalue weighted by Crippen LogP contribution is 2.28. The Bertz CT molecular complexity index is 376. The summed E-state index contributed by atoms with van der Waals surface area (Å²) in [5, 5.41) is 0. The molecule has 0 bridgehead atoms. The third-order valence-electron chi connectivity index (χ3n) is 2.49. The average molecular weight is 191 g/mol. The lowest BCUT2D eigenvalue weighted by atomic mass is 10.0. The molecule has 14 heavy (non-hydrogen) atoms. The Balaban J connectivity index is 2.46. The Morgan fingerprint density at radius 1 is 1.43 bits per heavy atom. The standard InChI is InChI=1S/C10H13N3O/c11-8-4-3-7-2-1-5-13(10(12)14)9(7)6-8/h3-4,6H,1-2,5,11H2,(H2,12,14). The van der Waals surface area contributed by atoms with Gasteiger partial charge in [0.1, 0.15) is 0 Å². The molecule has 0 fully saturated rings. The van der Waals surface area contributed by atoms with Crippen LogP contribution in [-0.2, 0) is 6.42 Å². The van der Waals surface area contributed by atoms with Gasteiger partial charge in [0.05, 0.1) is 5.69 Å². The number of fused-ring (bicyclic) bond motifs is 1. The van der Waals surface area contributed by atoms with E-state index in [9.17, 15) is 4.79 Å². The summed E-state index contributed by atoms with van der Waals surface area (Å²) in [5.41, 5.74) is 13.6. The third kappa shape index (κ3) is 1.39. The Kier molecular flexibility index (Phi) is 2.04. The predicted octanol–water partition coefficient (Wildman–Crippen LogP) is 1.10. The number of primary amides is 1. The van der Waals surface area contributed by atoms with Crippen LogP contribution in [0.1, 0.15) is 12.0 Å². The zero-order valence-electron chi connectivity index (χ0n) is 7.86. The molecule has 0 aliphatic carbocycles. The molecular formula is C10H13N3O. The fourth-order valence-corrected chi connectivity index (χ4v) is 1.82. The number of aryl methyl sites for hydroxylation is 1. The van der Waals surface area contributed by atoms with Gasteiger partial charge in [0.25, 0.3) is 0 Å². The van der Waals surface area contributed by atoms with E-state index in [2.05, 4.69) is 0 Å². The number of rotatable bonds is 0. The summed E-state index contributed by atoms with van der Waals surface area (Å²) in [6, 6.07) is 5.21. The highest BCUT2D eigenvalue weighted by atomic mass is 16.2. The Morgan fingerprint density at radius 3 is 2.93 bits per heavy atom. The molecule has 0 spiro atoms. The lowest BCUT2D eigenvalue weighted by Crippen LogP contribution is -2.39. The van der Waals surface area contributed by atoms with E-state index >= 15 is 0 Å². The van der Waals surface area contributed by atoms with Crippen molar-refractivity contribution in [1.29, 1.82) is 0 Å². The van der Waals surface area contributed by atoms with E-state index in [4.69, 9.17) is 11.5 Å². The maximum Gasteiger partial charge on any atom is 0.319 e. The van der Waals surface area contributed by atoms with Crippen LogP contribution in [0, 0.1) is 0 Å². The molecule has 2 amide bonds. The van der Waals surface area contributed by atoms with Crippen LogP contribution in [0.4, 0.5) is 16.2 Å². The van der Waals surface area contributed by atoms with Crippen LogP contribution in [0.15, 0.2) is 18.2 Å². The van der Waals surface area contributed by atoms with Crippen LogP contribution in [0.25, 0.3) is 0 Å². The number of hydrogen-bond acceptors (Lipinski definition) is 2. The first kappa shape index (κ1) is 8.87. The topological polar surface area (TPSA) is 72.4 Å². The first-order chi connectivity index (χ1) is 6.68. The maximum atomic E-state index is 11.1. The summed E-state index contributed by atoms with van der Waals surface area (Å²) in [6.45, 7) is 0.686. The molecule has 0 radical (unpaired) electrons. The average Bonchev–Trinajstić information content (AvgIpc) is 2.16. The summed E-state index contributed by atoms with van der Waals surface area (Å²) in [5.74, 6) is 0. The van der Waals surface area contributed by atoms with Gasteiger partial charge < -0.3 is 11.5 Å². The molecule has 0 saturated carbocycles. The van der Waals surface area contributed by atoms with Crippen molar-refractivity contribution in [2.75, 3.05) is 17.2 Å². The molecule has 1 aromatic carbocycles. The number of nitrogens with two attached hydrogens (primary N) is 2. The summed E-state index contributed by atoms with van der Waals surface area (Å²) in [7, 11) is 0. The van der Waals surface area contributed by atoms with E-state index in [-0.39, 0.29) is 0 Å². The monoisotopic (exact) mass is 191 g/mol. The first-order valence-electron chi connectivity index (χ1n) is 4.64. The van der Waals surface area contributed by atoms with Gasteiger partial charge in [-0.25, -0.2) is 4.79 Å². The molecule has 0 aromatic heterocycles. The number of amides is 2. The fourth-order valence-electron chi connectivity index (χ4n) is 1.82. The fraction of sp³-hybridized carbons (Fsp3) is 0.300. The second kappa shape index (κ2) is 3.21. The molecule has 4 heteroatoms. The minimum absolute atomic E-state index is 0.406. The van der Waals surface area contributed by atoms with Gasteiger partial charge >= 0.3 is 6.03 Å². The molecule has 1 aliphatic rings. The van der Waals surface area contributed by atoms with Crippen molar-refractivity contribution in [3.8, 4) is 0 Å². The van der Waals surface area contributed by atoms with Crippen molar-refractivity contribution in [2.45, 2.75) is 12.8 Å². The highest BCUT2D eigenvalue weighted by molar-refractivity contribution is 5.92. The Hall–Kier alpha value is -1.71. The lowest BCUT2D eigenvalue weighted by Gasteiger charge is -2.28. The highest BCUT2D eigenvalue weighted by Gasteiger charge is 2.20. The second-order valence-corrected chi connectivity index (χ2v) is 3.48. The molecule has 0 saturated heterocycles. The number of benzene rings is 1. The van der Waals surface area contributed by atoms with Crippen molar-refractivity contribution in [3.05, 3.63) is 23.8 Å². The van der Waals surface area contributed by atoms with Gasteiger partial charge in [-0.2, -0.15) is 0 Å². The van der Waals surface area contributed by atoms with Crippen LogP contribution in [0.5, 0.6) is 0 Å². The van der Waals surface area contributed by atoms with E-state index < -0.39 is 6.03 Å². The lowest BCUT2D eigenvalue weighted by molar-refractivity contribution is 0.253. The molecule has 1 heterocycles. The van der Waals surface area contributed by atoms with Gasteiger partial charge in [-0.15, -0.1) is 0 Å². The van der Waals surface area contributed by atoms with Crippen LogP contribution in [0.3, 0.4) is 0 Å². The first-order valence-corrected chi connectivity index (χ1v) is 4.64. The van der Waals surface area contributed by atoms with Crippen LogP contribution >= 0.6 is 0 Å². The minimum Gasteiger partial charge on any atom is -0.399 e. The van der Waals surface area contributed by atoms with Crippen molar-refractivity contribution >= 4 is 17.4 Å². The molecule has 1 aliphatic heterocycles. The zero-order valence-corrected chi connectivity index (χ0v) is 7.86. The Labute approximate surface area is 82.5 Å². The number of anilines is 2. The summed E-state index contributed by atoms with van der Waals surface area (Å²) >= 11 is 0. The smallest absolute Gasteiger partial charge is 0.319 e. The van der Waals surface area contributed by atoms with Gasteiger partial charge in [0.2, 0.25) is 0 Å². The van der Waals surface area contributed by atoms with Gasteiger partial charge in [0, 0.05) is 12.2 Å². The third-order valence-corrected chi connectivity index (χ3v) is 2.49. The van der Waals surface area contributed by atoms with Crippen molar-refractivity contribution in [2.24, 2.45) is 5.73 Å². The van der Waals surface area contributed by atoms with E-state index in [0.29, 0.717) is 12.2 Å². The van der Waals surface area contributed by atoms with Crippen LogP contribution in [-0.4, -0.2) is 12.6 Å². The minimum atomic E-state index is -0.406. The van der Waals surface area contributed by atoms with Crippen molar-refractivity contribution < 1.29 is 4.79 Å². The number of carbonyl (C=O) groups excluding carboxylic acids is 1. The molecular weight excluding hydrogens is 178 g/mol. The Morgan fingerprint density at radius 2 is 2.21 bits per heavy atom. The molecule has 4 nitrogen and oxygen atoms in total. The SMILES string of the molecule is NC(=O)N1CCCc2ccc(N)cc21. The normalized spacial score (nSPS) is 15.0. The van der Waals surface area contributed by atoms with Crippen molar-refractivity contribution in [1.82, 2.24) is 0 Å². The van der Waals surface area contributed by atoms with Crippen LogP contribution in [0.2, 0.25) is 0 Å². The molecule has 1 aromatic rings. The summed E-state index contributed by atoms with van der Waals surface area (Å²) < 4.78 is 0. The van der Waals surface area contributed by atoms with Crippen molar-refractivity contribution in [3.63, 3.8) is 0 Å². The molecule has 0 unspecified atom stereocenters. The summed E-state index contributed by atoms with van der Waals surface area (Å²) in [6.07, 6.45) is 1.94. The number of nitrogen functional groups attached to an aromatic ring is 1. The number of hydrogen-bond donors (Lipinski definition) is 2. The number of urea groups is 1. The number of carbonyl (C=O) groups is 1. The molecule has 74 valence electrons. The molecule has 4 N–H and O–H groups in total. The predicted molar refractivity (Wildman–Crippen MR) is 56.1 cm³/mol. The maximum absolute atomic E-state index is 11.1. The van der Waals surface area contributed by atoms with E-state index in [1.54, 1.807) is 11.0 Å². The van der Waals surface area contributed by atoms with Gasteiger partial charge in [-0.3, -0.25) is 4.90 Å². The van der Waals surface area contributed by atoms with Gasteiger partial charge in [0.15, 0.2) is 0 Å². The van der Waals surface area contributed by atoms with E-state index in [0.717, 1.165) is 24.1 Å².